The van der Waals surface area contributed by atoms with E-state index in [1.165, 1.54) is 6.07 Å². The van der Waals surface area contributed by atoms with E-state index in [4.69, 9.17) is 11.6 Å². The molecule has 0 fully saturated rings. The predicted molar refractivity (Wildman–Crippen MR) is 72.7 cm³/mol. The predicted octanol–water partition coefficient (Wildman–Crippen LogP) is 4.49. The monoisotopic (exact) mass is 312 g/mol. The lowest BCUT2D eigenvalue weighted by atomic mass is 9.99. The van der Waals surface area contributed by atoms with Crippen LogP contribution in [-0.2, 0) is 0 Å². The molecule has 4 heteroatoms. The number of phenolic OH excluding ortho intramolecular Hbond substituents is 2. The van der Waals surface area contributed by atoms with Crippen LogP contribution in [0.15, 0.2) is 34.8 Å². The highest BCUT2D eigenvalue weighted by Crippen LogP contribution is 2.38. The minimum absolute atomic E-state index is 0.0439. The van der Waals surface area contributed by atoms with Gasteiger partial charge in [-0.05, 0) is 42.3 Å². The van der Waals surface area contributed by atoms with Crippen molar-refractivity contribution in [3.63, 3.8) is 0 Å². The third-order valence-electron chi connectivity index (χ3n) is 2.61. The molecule has 0 spiro atoms. The van der Waals surface area contributed by atoms with Gasteiger partial charge in [0.1, 0.15) is 11.5 Å². The average molecular weight is 314 g/mol. The van der Waals surface area contributed by atoms with Gasteiger partial charge in [0, 0.05) is 10.0 Å². The van der Waals surface area contributed by atoms with E-state index in [-0.39, 0.29) is 11.5 Å². The van der Waals surface area contributed by atoms with Gasteiger partial charge in [-0.1, -0.05) is 33.6 Å². The summed E-state index contributed by atoms with van der Waals surface area (Å²) in [7, 11) is 0. The van der Waals surface area contributed by atoms with Crippen LogP contribution in [0.2, 0.25) is 5.02 Å². The largest absolute Gasteiger partial charge is 0.507 e. The SMILES string of the molecule is Cc1c(-c2cc(Br)ccc2O)ccc(O)c1Cl. The van der Waals surface area contributed by atoms with Crippen LogP contribution in [0.4, 0.5) is 0 Å². The van der Waals surface area contributed by atoms with Crippen LogP contribution in [0.25, 0.3) is 11.1 Å². The molecule has 0 atom stereocenters. The van der Waals surface area contributed by atoms with Crippen LogP contribution in [0.3, 0.4) is 0 Å². The van der Waals surface area contributed by atoms with Crippen molar-refractivity contribution in [2.24, 2.45) is 0 Å². The number of benzene rings is 2. The molecule has 0 amide bonds. The summed E-state index contributed by atoms with van der Waals surface area (Å²) in [5.41, 5.74) is 2.21. The van der Waals surface area contributed by atoms with Crippen molar-refractivity contribution in [1.82, 2.24) is 0 Å². The van der Waals surface area contributed by atoms with Crippen molar-refractivity contribution in [2.45, 2.75) is 6.92 Å². The zero-order chi connectivity index (χ0) is 12.6. The minimum atomic E-state index is 0.0439. The fraction of sp³-hybridized carbons (Fsp3) is 0.0769. The molecule has 0 aromatic heterocycles. The molecule has 2 N–H and O–H groups in total. The van der Waals surface area contributed by atoms with E-state index in [0.29, 0.717) is 10.6 Å². The Hall–Kier alpha value is -1.19. The molecule has 0 radical (unpaired) electrons. The molecule has 2 rings (SSSR count). The summed E-state index contributed by atoms with van der Waals surface area (Å²) < 4.78 is 0.869. The molecule has 0 aliphatic heterocycles. The number of rotatable bonds is 1. The Morgan fingerprint density at radius 2 is 1.65 bits per heavy atom. The van der Waals surface area contributed by atoms with Crippen molar-refractivity contribution in [1.29, 1.82) is 0 Å². The summed E-state index contributed by atoms with van der Waals surface area (Å²) in [6.45, 7) is 1.80. The number of hydrogen-bond donors (Lipinski definition) is 2. The summed E-state index contributed by atoms with van der Waals surface area (Å²) in [5, 5.41) is 19.6. The molecule has 0 bridgehead atoms. The van der Waals surface area contributed by atoms with Gasteiger partial charge in [-0.2, -0.15) is 0 Å². The summed E-state index contributed by atoms with van der Waals surface area (Å²) in [6, 6.07) is 8.43. The van der Waals surface area contributed by atoms with E-state index >= 15 is 0 Å². The van der Waals surface area contributed by atoms with Crippen LogP contribution in [0.1, 0.15) is 5.56 Å². The lowest BCUT2D eigenvalue weighted by Gasteiger charge is -2.11. The Bertz CT molecular complexity index is 582. The fourth-order valence-corrected chi connectivity index (χ4v) is 2.21. The van der Waals surface area contributed by atoms with Crippen molar-refractivity contribution in [2.75, 3.05) is 0 Å². The number of hydrogen-bond acceptors (Lipinski definition) is 2. The Kier molecular flexibility index (Phi) is 3.31. The molecule has 88 valence electrons. The Morgan fingerprint density at radius 1 is 1.00 bits per heavy atom. The first-order valence-corrected chi connectivity index (χ1v) is 6.14. The summed E-state index contributed by atoms with van der Waals surface area (Å²) in [4.78, 5) is 0. The zero-order valence-electron chi connectivity index (χ0n) is 9.04. The highest BCUT2D eigenvalue weighted by Gasteiger charge is 2.12. The molecule has 0 saturated carbocycles. The van der Waals surface area contributed by atoms with Gasteiger partial charge in [0.15, 0.2) is 0 Å². The van der Waals surface area contributed by atoms with Crippen molar-refractivity contribution < 1.29 is 10.2 Å². The maximum absolute atomic E-state index is 9.85. The van der Waals surface area contributed by atoms with E-state index in [0.717, 1.165) is 15.6 Å². The molecule has 2 aromatic carbocycles. The van der Waals surface area contributed by atoms with E-state index in [1.807, 2.05) is 6.07 Å². The fourth-order valence-electron chi connectivity index (χ4n) is 1.69. The van der Waals surface area contributed by atoms with Crippen molar-refractivity contribution in [3.05, 3.63) is 45.4 Å². The zero-order valence-corrected chi connectivity index (χ0v) is 11.4. The Balaban J connectivity index is 2.69. The molecular weight excluding hydrogens is 303 g/mol. The van der Waals surface area contributed by atoms with Crippen molar-refractivity contribution >= 4 is 27.5 Å². The third kappa shape index (κ3) is 2.26. The van der Waals surface area contributed by atoms with Gasteiger partial charge in [-0.15, -0.1) is 0 Å². The number of phenols is 2. The molecule has 2 nitrogen and oxygen atoms in total. The molecular formula is C13H10BrClO2. The van der Waals surface area contributed by atoms with Gasteiger partial charge < -0.3 is 10.2 Å². The molecule has 0 aliphatic carbocycles. The quantitative estimate of drug-likeness (QED) is 0.814. The highest BCUT2D eigenvalue weighted by molar-refractivity contribution is 9.10. The second-order valence-corrected chi connectivity index (χ2v) is 5.03. The standard InChI is InChI=1S/C13H10BrClO2/c1-7-9(3-5-12(17)13(7)15)10-6-8(14)2-4-11(10)16/h2-6,16-17H,1H3. The smallest absolute Gasteiger partial charge is 0.134 e. The van der Waals surface area contributed by atoms with Crippen LogP contribution < -0.4 is 0 Å². The second kappa shape index (κ2) is 4.59. The Labute approximate surface area is 113 Å². The molecule has 17 heavy (non-hydrogen) atoms. The highest BCUT2D eigenvalue weighted by atomic mass is 79.9. The van der Waals surface area contributed by atoms with Gasteiger partial charge in [0.25, 0.3) is 0 Å². The molecule has 0 heterocycles. The first-order chi connectivity index (χ1) is 8.00. The number of aromatic hydroxyl groups is 2. The van der Waals surface area contributed by atoms with E-state index in [9.17, 15) is 10.2 Å². The molecule has 2 aromatic rings. The summed E-state index contributed by atoms with van der Waals surface area (Å²) >= 11 is 9.34. The van der Waals surface area contributed by atoms with Crippen LogP contribution in [0, 0.1) is 6.92 Å². The van der Waals surface area contributed by atoms with Crippen LogP contribution >= 0.6 is 27.5 Å². The molecule has 0 aliphatic rings. The Morgan fingerprint density at radius 3 is 2.35 bits per heavy atom. The van der Waals surface area contributed by atoms with Gasteiger partial charge in [-0.25, -0.2) is 0 Å². The normalized spacial score (nSPS) is 10.5. The number of halogens is 2. The summed E-state index contributed by atoms with van der Waals surface area (Å²) in [5.74, 6) is 0.223. The van der Waals surface area contributed by atoms with Crippen molar-refractivity contribution in [3.8, 4) is 22.6 Å². The molecule has 0 saturated heterocycles. The first-order valence-electron chi connectivity index (χ1n) is 4.97. The minimum Gasteiger partial charge on any atom is -0.507 e. The lowest BCUT2D eigenvalue weighted by Crippen LogP contribution is -1.86. The van der Waals surface area contributed by atoms with Gasteiger partial charge in [-0.3, -0.25) is 0 Å². The lowest BCUT2D eigenvalue weighted by molar-refractivity contribution is 0.474. The van der Waals surface area contributed by atoms with Crippen LogP contribution in [-0.4, -0.2) is 10.2 Å². The summed E-state index contributed by atoms with van der Waals surface area (Å²) in [6.07, 6.45) is 0. The van der Waals surface area contributed by atoms with Gasteiger partial charge >= 0.3 is 0 Å². The maximum atomic E-state index is 9.85. The third-order valence-corrected chi connectivity index (χ3v) is 3.59. The van der Waals surface area contributed by atoms with Gasteiger partial charge in [0.2, 0.25) is 0 Å². The van der Waals surface area contributed by atoms with E-state index in [1.54, 1.807) is 25.1 Å². The average Bonchev–Trinajstić information content (AvgIpc) is 2.30. The van der Waals surface area contributed by atoms with Crippen LogP contribution in [0.5, 0.6) is 11.5 Å². The first kappa shape index (κ1) is 12.3. The van der Waals surface area contributed by atoms with Gasteiger partial charge in [0.05, 0.1) is 5.02 Å². The van der Waals surface area contributed by atoms with E-state index in [2.05, 4.69) is 15.9 Å². The maximum Gasteiger partial charge on any atom is 0.134 e. The topological polar surface area (TPSA) is 40.5 Å². The second-order valence-electron chi connectivity index (χ2n) is 3.73. The molecule has 0 unspecified atom stereocenters. The van der Waals surface area contributed by atoms with E-state index < -0.39 is 0 Å².